The highest BCUT2D eigenvalue weighted by molar-refractivity contribution is 5.29. The van der Waals surface area contributed by atoms with Gasteiger partial charge in [0.15, 0.2) is 0 Å². The lowest BCUT2D eigenvalue weighted by Crippen LogP contribution is -2.00. The summed E-state index contributed by atoms with van der Waals surface area (Å²) in [5.74, 6) is -0.659. The number of hydrogen-bond acceptors (Lipinski definition) is 2. The average molecular weight is 278 g/mol. The Labute approximate surface area is 116 Å². The van der Waals surface area contributed by atoms with Crippen LogP contribution in [0.3, 0.4) is 0 Å². The first-order valence-electron chi connectivity index (χ1n) is 6.45. The van der Waals surface area contributed by atoms with Crippen molar-refractivity contribution in [2.24, 2.45) is 0 Å². The number of hydrogen-bond donors (Lipinski definition) is 1. The molecule has 0 heterocycles. The molecular formula is C16H16F2O2. The summed E-state index contributed by atoms with van der Waals surface area (Å²) in [6, 6.07) is 10.4. The zero-order valence-electron chi connectivity index (χ0n) is 11.1. The van der Waals surface area contributed by atoms with Gasteiger partial charge in [0.1, 0.15) is 24.0 Å². The van der Waals surface area contributed by atoms with E-state index >= 15 is 0 Å². The van der Waals surface area contributed by atoms with Crippen LogP contribution in [0.5, 0.6) is 5.75 Å². The van der Waals surface area contributed by atoms with E-state index in [0.29, 0.717) is 17.7 Å². The van der Waals surface area contributed by atoms with Gasteiger partial charge >= 0.3 is 0 Å². The van der Waals surface area contributed by atoms with E-state index in [1.165, 1.54) is 12.1 Å². The van der Waals surface area contributed by atoms with Crippen LogP contribution >= 0.6 is 0 Å². The van der Waals surface area contributed by atoms with Crippen LogP contribution in [-0.2, 0) is 6.61 Å². The Kier molecular flexibility index (Phi) is 4.69. The molecular weight excluding hydrogens is 262 g/mol. The van der Waals surface area contributed by atoms with Crippen LogP contribution in [0.25, 0.3) is 0 Å². The van der Waals surface area contributed by atoms with Crippen LogP contribution in [-0.4, -0.2) is 5.11 Å². The lowest BCUT2D eigenvalue weighted by molar-refractivity contribution is 0.173. The summed E-state index contributed by atoms with van der Waals surface area (Å²) < 4.78 is 31.6. The third kappa shape index (κ3) is 3.54. The predicted molar refractivity (Wildman–Crippen MR) is 72.4 cm³/mol. The van der Waals surface area contributed by atoms with Gasteiger partial charge in [-0.2, -0.15) is 0 Å². The van der Waals surface area contributed by atoms with Gasteiger partial charge in [-0.1, -0.05) is 19.1 Å². The summed E-state index contributed by atoms with van der Waals surface area (Å²) in [6.07, 6.45) is 0.152. The molecule has 20 heavy (non-hydrogen) atoms. The molecule has 0 saturated heterocycles. The minimum absolute atomic E-state index is 0.0296. The Morgan fingerprint density at radius 3 is 2.40 bits per heavy atom. The van der Waals surface area contributed by atoms with Crippen LogP contribution in [0, 0.1) is 11.6 Å². The van der Waals surface area contributed by atoms with Crippen molar-refractivity contribution in [3.63, 3.8) is 0 Å². The van der Waals surface area contributed by atoms with Gasteiger partial charge < -0.3 is 9.84 Å². The third-order valence-electron chi connectivity index (χ3n) is 3.06. The van der Waals surface area contributed by atoms with Crippen LogP contribution in [0.1, 0.15) is 30.6 Å². The van der Waals surface area contributed by atoms with E-state index in [1.807, 2.05) is 6.92 Å². The summed E-state index contributed by atoms with van der Waals surface area (Å²) in [5, 5.41) is 9.66. The third-order valence-corrected chi connectivity index (χ3v) is 3.06. The van der Waals surface area contributed by atoms with E-state index in [2.05, 4.69) is 0 Å². The Bertz CT molecular complexity index is 567. The van der Waals surface area contributed by atoms with Gasteiger partial charge in [0.05, 0.1) is 6.10 Å². The average Bonchev–Trinajstić information content (AvgIpc) is 2.46. The molecule has 0 radical (unpaired) electrons. The molecule has 1 N–H and O–H groups in total. The summed E-state index contributed by atoms with van der Waals surface area (Å²) in [7, 11) is 0. The lowest BCUT2D eigenvalue weighted by atomic mass is 10.1. The van der Waals surface area contributed by atoms with E-state index in [0.717, 1.165) is 11.6 Å². The molecule has 0 aliphatic rings. The Morgan fingerprint density at radius 2 is 1.80 bits per heavy atom. The maximum absolute atomic E-state index is 13.4. The van der Waals surface area contributed by atoms with Crippen LogP contribution in [0.4, 0.5) is 8.78 Å². The highest BCUT2D eigenvalue weighted by atomic mass is 19.1. The first kappa shape index (κ1) is 14.5. The summed E-state index contributed by atoms with van der Waals surface area (Å²) >= 11 is 0. The number of aliphatic hydroxyl groups excluding tert-OH is 1. The zero-order chi connectivity index (χ0) is 14.5. The number of ether oxygens (including phenoxy) is 1. The topological polar surface area (TPSA) is 29.5 Å². The zero-order valence-corrected chi connectivity index (χ0v) is 11.1. The van der Waals surface area contributed by atoms with E-state index in [-0.39, 0.29) is 6.61 Å². The van der Waals surface area contributed by atoms with Crippen LogP contribution < -0.4 is 4.74 Å². The fraction of sp³-hybridized carbons (Fsp3) is 0.250. The Hall–Kier alpha value is -1.94. The van der Waals surface area contributed by atoms with Crippen molar-refractivity contribution in [1.29, 1.82) is 0 Å². The van der Waals surface area contributed by atoms with Crippen molar-refractivity contribution in [2.75, 3.05) is 0 Å². The fourth-order valence-corrected chi connectivity index (χ4v) is 1.82. The monoisotopic (exact) mass is 278 g/mol. The molecule has 4 heteroatoms. The van der Waals surface area contributed by atoms with Gasteiger partial charge in [-0.05, 0) is 36.2 Å². The maximum Gasteiger partial charge on any atom is 0.132 e. The Balaban J connectivity index is 2.00. The molecule has 0 spiro atoms. The van der Waals surface area contributed by atoms with Crippen molar-refractivity contribution < 1.29 is 18.6 Å². The van der Waals surface area contributed by atoms with Crippen molar-refractivity contribution in [1.82, 2.24) is 0 Å². The second-order valence-electron chi connectivity index (χ2n) is 4.52. The van der Waals surface area contributed by atoms with Crippen molar-refractivity contribution >= 4 is 0 Å². The molecule has 0 aliphatic carbocycles. The minimum Gasteiger partial charge on any atom is -0.489 e. The molecule has 0 fully saturated rings. The number of halogens is 2. The molecule has 106 valence electrons. The molecule has 0 aliphatic heterocycles. The highest BCUT2D eigenvalue weighted by Gasteiger charge is 2.06. The van der Waals surface area contributed by atoms with Gasteiger partial charge in [-0.3, -0.25) is 0 Å². The first-order valence-corrected chi connectivity index (χ1v) is 6.45. The summed E-state index contributed by atoms with van der Waals surface area (Å²) in [5.41, 5.74) is 1.11. The van der Waals surface area contributed by atoms with Gasteiger partial charge in [-0.25, -0.2) is 8.78 Å². The second-order valence-corrected chi connectivity index (χ2v) is 4.52. The maximum atomic E-state index is 13.4. The SMILES string of the molecule is CC[C@H](O)c1ccc(OCc2ccc(F)cc2F)cc1. The lowest BCUT2D eigenvalue weighted by Gasteiger charge is -2.10. The van der Waals surface area contributed by atoms with E-state index in [9.17, 15) is 13.9 Å². The fourth-order valence-electron chi connectivity index (χ4n) is 1.82. The summed E-state index contributed by atoms with van der Waals surface area (Å²) in [4.78, 5) is 0. The molecule has 2 nitrogen and oxygen atoms in total. The second kappa shape index (κ2) is 6.48. The molecule has 0 bridgehead atoms. The molecule has 1 atom stereocenters. The van der Waals surface area contributed by atoms with E-state index in [4.69, 9.17) is 4.74 Å². The first-order chi connectivity index (χ1) is 9.60. The molecule has 0 saturated carbocycles. The highest BCUT2D eigenvalue weighted by Crippen LogP contribution is 2.21. The van der Waals surface area contributed by atoms with Crippen LogP contribution in [0.15, 0.2) is 42.5 Å². The number of rotatable bonds is 5. The summed E-state index contributed by atoms with van der Waals surface area (Å²) in [6.45, 7) is 1.92. The van der Waals surface area contributed by atoms with Crippen molar-refractivity contribution in [2.45, 2.75) is 26.1 Å². The number of benzene rings is 2. The quantitative estimate of drug-likeness (QED) is 0.896. The Morgan fingerprint density at radius 1 is 1.10 bits per heavy atom. The smallest absolute Gasteiger partial charge is 0.132 e. The molecule has 0 amide bonds. The molecule has 2 rings (SSSR count). The minimum atomic E-state index is -0.622. The van der Waals surface area contributed by atoms with Gasteiger partial charge in [0, 0.05) is 11.6 Å². The van der Waals surface area contributed by atoms with Gasteiger partial charge in [0.25, 0.3) is 0 Å². The molecule has 2 aromatic carbocycles. The molecule has 0 unspecified atom stereocenters. The normalized spacial score (nSPS) is 12.2. The predicted octanol–water partition coefficient (Wildman–Crippen LogP) is 3.99. The van der Waals surface area contributed by atoms with Gasteiger partial charge in [-0.15, -0.1) is 0 Å². The van der Waals surface area contributed by atoms with Crippen molar-refractivity contribution in [3.05, 3.63) is 65.2 Å². The molecule has 2 aromatic rings. The number of aliphatic hydroxyl groups is 1. The van der Waals surface area contributed by atoms with Gasteiger partial charge in [0.2, 0.25) is 0 Å². The van der Waals surface area contributed by atoms with E-state index < -0.39 is 17.7 Å². The standard InChI is InChI=1S/C16H16F2O2/c1-2-16(19)11-4-7-14(8-5-11)20-10-12-3-6-13(17)9-15(12)18/h3-9,16,19H,2,10H2,1H3/t16-/m0/s1. The largest absolute Gasteiger partial charge is 0.489 e. The van der Waals surface area contributed by atoms with E-state index in [1.54, 1.807) is 24.3 Å². The van der Waals surface area contributed by atoms with Crippen LogP contribution in [0.2, 0.25) is 0 Å². The van der Waals surface area contributed by atoms with Crippen molar-refractivity contribution in [3.8, 4) is 5.75 Å². The molecule has 0 aromatic heterocycles.